The highest BCUT2D eigenvalue weighted by Crippen LogP contribution is 2.26. The second kappa shape index (κ2) is 4.51. The number of halogens is 1. The van der Waals surface area contributed by atoms with Gasteiger partial charge in [0.2, 0.25) is 5.82 Å². The average Bonchev–Trinajstić information content (AvgIpc) is 2.99. The molecule has 3 aromatic rings. The Balaban J connectivity index is 2.03. The van der Waals surface area contributed by atoms with E-state index in [1.807, 2.05) is 11.4 Å². The topological polar surface area (TPSA) is 77.8 Å². The van der Waals surface area contributed by atoms with E-state index in [0.717, 1.165) is 10.0 Å². The zero-order valence-corrected chi connectivity index (χ0v) is 11.4. The summed E-state index contributed by atoms with van der Waals surface area (Å²) in [5, 5.41) is 5.76. The van der Waals surface area contributed by atoms with E-state index in [9.17, 15) is 0 Å². The van der Waals surface area contributed by atoms with Gasteiger partial charge in [-0.3, -0.25) is 0 Å². The van der Waals surface area contributed by atoms with Crippen molar-refractivity contribution in [3.8, 4) is 23.0 Å². The van der Waals surface area contributed by atoms with E-state index in [1.165, 1.54) is 11.3 Å². The Morgan fingerprint density at radius 1 is 1.28 bits per heavy atom. The van der Waals surface area contributed by atoms with Gasteiger partial charge in [0, 0.05) is 21.1 Å². The predicted octanol–water partition coefficient (Wildman–Crippen LogP) is 3.20. The van der Waals surface area contributed by atoms with Crippen molar-refractivity contribution in [3.63, 3.8) is 0 Å². The molecule has 0 bridgehead atoms. The lowest BCUT2D eigenvalue weighted by Crippen LogP contribution is -1.86. The van der Waals surface area contributed by atoms with Crippen molar-refractivity contribution >= 4 is 33.0 Å². The van der Waals surface area contributed by atoms with E-state index < -0.39 is 0 Å². The van der Waals surface area contributed by atoms with Crippen LogP contribution in [0.2, 0.25) is 0 Å². The maximum absolute atomic E-state index is 5.77. The van der Waals surface area contributed by atoms with Crippen molar-refractivity contribution in [2.24, 2.45) is 0 Å². The van der Waals surface area contributed by atoms with Crippen LogP contribution in [0.3, 0.4) is 0 Å². The Kier molecular flexibility index (Phi) is 2.85. The second-order valence-electron chi connectivity index (χ2n) is 3.57. The highest BCUT2D eigenvalue weighted by atomic mass is 79.9. The van der Waals surface area contributed by atoms with Crippen molar-refractivity contribution in [1.29, 1.82) is 0 Å². The number of nitrogen functional groups attached to an aromatic ring is 1. The maximum Gasteiger partial charge on any atom is 0.258 e. The number of rotatable bonds is 2. The van der Waals surface area contributed by atoms with Gasteiger partial charge in [-0.2, -0.15) is 4.98 Å². The van der Waals surface area contributed by atoms with Crippen molar-refractivity contribution in [1.82, 2.24) is 15.1 Å². The van der Waals surface area contributed by atoms with Crippen molar-refractivity contribution < 1.29 is 4.52 Å². The van der Waals surface area contributed by atoms with Crippen molar-refractivity contribution in [2.75, 3.05) is 5.73 Å². The number of aromatic nitrogens is 3. The molecule has 0 aliphatic carbocycles. The van der Waals surface area contributed by atoms with Gasteiger partial charge in [0.15, 0.2) is 0 Å². The fourth-order valence-electron chi connectivity index (χ4n) is 1.50. The Hall–Kier alpha value is -1.73. The molecule has 0 aliphatic rings. The molecule has 0 atom stereocenters. The normalized spacial score (nSPS) is 10.7. The molecule has 90 valence electrons. The monoisotopic (exact) mass is 322 g/mol. The van der Waals surface area contributed by atoms with Crippen LogP contribution in [0.1, 0.15) is 0 Å². The predicted molar refractivity (Wildman–Crippen MR) is 73.0 cm³/mol. The summed E-state index contributed by atoms with van der Waals surface area (Å²) < 4.78 is 6.08. The van der Waals surface area contributed by atoms with Crippen LogP contribution in [-0.2, 0) is 0 Å². The molecule has 0 amide bonds. The van der Waals surface area contributed by atoms with Crippen LogP contribution in [0.5, 0.6) is 0 Å². The first-order chi connectivity index (χ1) is 8.72. The second-order valence-corrected chi connectivity index (χ2v) is 5.20. The molecule has 2 N–H and O–H groups in total. The molecule has 0 unspecified atom stereocenters. The SMILES string of the molecule is Nc1cc(Br)cc(-c2nc(-c3cscn3)no2)c1. The third-order valence-corrected chi connectivity index (χ3v) is 3.30. The summed E-state index contributed by atoms with van der Waals surface area (Å²) in [6.45, 7) is 0. The molecule has 0 fully saturated rings. The van der Waals surface area contributed by atoms with Gasteiger partial charge in [-0.05, 0) is 18.2 Å². The van der Waals surface area contributed by atoms with Gasteiger partial charge in [-0.25, -0.2) is 4.98 Å². The number of hydrogen-bond acceptors (Lipinski definition) is 6. The first-order valence-electron chi connectivity index (χ1n) is 5.01. The number of anilines is 1. The first-order valence-corrected chi connectivity index (χ1v) is 6.74. The molecule has 5 nitrogen and oxygen atoms in total. The highest BCUT2D eigenvalue weighted by molar-refractivity contribution is 9.10. The smallest absolute Gasteiger partial charge is 0.258 e. The standard InChI is InChI=1S/C11H7BrN4OS/c12-7-1-6(2-8(13)3-7)11-15-10(16-17-11)9-4-18-5-14-9/h1-5H,13H2. The van der Waals surface area contributed by atoms with Crippen LogP contribution in [0.25, 0.3) is 23.0 Å². The summed E-state index contributed by atoms with van der Waals surface area (Å²) in [4.78, 5) is 8.42. The van der Waals surface area contributed by atoms with Crippen LogP contribution < -0.4 is 5.73 Å². The van der Waals surface area contributed by atoms with E-state index in [4.69, 9.17) is 10.3 Å². The number of nitrogens with two attached hydrogens (primary N) is 1. The van der Waals surface area contributed by atoms with Gasteiger partial charge in [-0.1, -0.05) is 21.1 Å². The lowest BCUT2D eigenvalue weighted by atomic mass is 10.2. The van der Waals surface area contributed by atoms with E-state index in [-0.39, 0.29) is 0 Å². The average molecular weight is 323 g/mol. The zero-order valence-electron chi connectivity index (χ0n) is 9.00. The molecule has 0 spiro atoms. The summed E-state index contributed by atoms with van der Waals surface area (Å²) in [6.07, 6.45) is 0. The highest BCUT2D eigenvalue weighted by Gasteiger charge is 2.12. The molecular formula is C11H7BrN4OS. The third-order valence-electron chi connectivity index (χ3n) is 2.25. The summed E-state index contributed by atoms with van der Waals surface area (Å²) in [6, 6.07) is 5.46. The van der Waals surface area contributed by atoms with E-state index >= 15 is 0 Å². The van der Waals surface area contributed by atoms with Crippen LogP contribution >= 0.6 is 27.3 Å². The van der Waals surface area contributed by atoms with Gasteiger partial charge in [-0.15, -0.1) is 11.3 Å². The van der Waals surface area contributed by atoms with Crippen LogP contribution in [0.4, 0.5) is 5.69 Å². The molecule has 18 heavy (non-hydrogen) atoms. The zero-order chi connectivity index (χ0) is 12.5. The van der Waals surface area contributed by atoms with E-state index in [0.29, 0.717) is 23.1 Å². The van der Waals surface area contributed by atoms with Crippen LogP contribution in [0.15, 0.2) is 38.1 Å². The van der Waals surface area contributed by atoms with Crippen molar-refractivity contribution in [2.45, 2.75) is 0 Å². The Morgan fingerprint density at radius 3 is 2.89 bits per heavy atom. The minimum Gasteiger partial charge on any atom is -0.399 e. The first kappa shape index (κ1) is 11.4. The Morgan fingerprint density at radius 2 is 2.17 bits per heavy atom. The minimum atomic E-state index is 0.422. The molecule has 7 heteroatoms. The Bertz CT molecular complexity index is 660. The molecule has 2 heterocycles. The third kappa shape index (κ3) is 2.14. The summed E-state index contributed by atoms with van der Waals surface area (Å²) in [5.41, 5.74) is 9.60. The van der Waals surface area contributed by atoms with Gasteiger partial charge in [0.25, 0.3) is 5.89 Å². The van der Waals surface area contributed by atoms with Crippen LogP contribution in [0, 0.1) is 0 Å². The fraction of sp³-hybridized carbons (Fsp3) is 0. The van der Waals surface area contributed by atoms with Crippen molar-refractivity contribution in [3.05, 3.63) is 33.6 Å². The van der Waals surface area contributed by atoms with E-state index in [2.05, 4.69) is 31.1 Å². The molecule has 0 radical (unpaired) electrons. The fourth-order valence-corrected chi connectivity index (χ4v) is 2.54. The molecule has 3 rings (SSSR count). The maximum atomic E-state index is 5.77. The number of benzene rings is 1. The van der Waals surface area contributed by atoms with Gasteiger partial charge >= 0.3 is 0 Å². The van der Waals surface area contributed by atoms with Gasteiger partial charge in [0.1, 0.15) is 5.69 Å². The molecule has 1 aromatic carbocycles. The lowest BCUT2D eigenvalue weighted by molar-refractivity contribution is 0.432. The molecule has 0 saturated heterocycles. The Labute approximate surface area is 115 Å². The van der Waals surface area contributed by atoms with Gasteiger partial charge < -0.3 is 10.3 Å². The van der Waals surface area contributed by atoms with E-state index in [1.54, 1.807) is 17.6 Å². The minimum absolute atomic E-state index is 0.422. The number of nitrogens with zero attached hydrogens (tertiary/aromatic N) is 3. The molecular weight excluding hydrogens is 316 g/mol. The van der Waals surface area contributed by atoms with Crippen LogP contribution in [-0.4, -0.2) is 15.1 Å². The number of thiazole rings is 1. The summed E-state index contributed by atoms with van der Waals surface area (Å²) in [7, 11) is 0. The lowest BCUT2D eigenvalue weighted by Gasteiger charge is -1.98. The van der Waals surface area contributed by atoms with Gasteiger partial charge in [0.05, 0.1) is 5.51 Å². The molecule has 0 saturated carbocycles. The number of hydrogen-bond donors (Lipinski definition) is 1. The molecule has 0 aliphatic heterocycles. The molecule has 2 aromatic heterocycles. The summed E-state index contributed by atoms with van der Waals surface area (Å²) >= 11 is 4.86. The quantitative estimate of drug-likeness (QED) is 0.733. The summed E-state index contributed by atoms with van der Waals surface area (Å²) in [5.74, 6) is 0.899. The largest absolute Gasteiger partial charge is 0.399 e.